The summed E-state index contributed by atoms with van der Waals surface area (Å²) in [4.78, 5) is 14.3. The van der Waals surface area contributed by atoms with Gasteiger partial charge in [0.2, 0.25) is 0 Å². The van der Waals surface area contributed by atoms with Crippen LogP contribution in [0.3, 0.4) is 0 Å². The first kappa shape index (κ1) is 15.9. The van der Waals surface area contributed by atoms with Crippen LogP contribution in [0.2, 0.25) is 0 Å². The molecule has 0 radical (unpaired) electrons. The molecule has 1 N–H and O–H groups in total. The third-order valence-corrected chi connectivity index (χ3v) is 3.46. The van der Waals surface area contributed by atoms with E-state index in [9.17, 15) is 9.90 Å². The average molecular weight is 293 g/mol. The number of carbonyl (C=O) groups excluding carboxylic acids is 1. The number of rotatable bonds is 6. The van der Waals surface area contributed by atoms with Crippen molar-refractivity contribution in [2.24, 2.45) is 0 Å². The summed E-state index contributed by atoms with van der Waals surface area (Å²) in [5.41, 5.74) is 0.679. The van der Waals surface area contributed by atoms with Crippen molar-refractivity contribution in [3.63, 3.8) is 0 Å². The highest BCUT2D eigenvalue weighted by atomic mass is 16.5. The monoisotopic (exact) mass is 293 g/mol. The standard InChI is InChI=1S/C16H23NO4/c1-3-20-14-6-4-13(5-7-14)16(19)10-17-8-12(2)21-15(9-17)11-18/h4-7,12,15,18H,3,8-11H2,1-2H3. The second kappa shape index (κ2) is 7.54. The molecule has 1 saturated heterocycles. The summed E-state index contributed by atoms with van der Waals surface area (Å²) in [6, 6.07) is 7.21. The van der Waals surface area contributed by atoms with Crippen LogP contribution in [0.4, 0.5) is 0 Å². The van der Waals surface area contributed by atoms with Crippen molar-refractivity contribution in [2.45, 2.75) is 26.1 Å². The van der Waals surface area contributed by atoms with Crippen molar-refractivity contribution in [3.05, 3.63) is 29.8 Å². The molecule has 1 aliphatic heterocycles. The SMILES string of the molecule is CCOc1ccc(C(=O)CN2CC(C)OC(CO)C2)cc1. The number of ether oxygens (including phenoxy) is 2. The highest BCUT2D eigenvalue weighted by molar-refractivity contribution is 5.97. The molecule has 0 aromatic heterocycles. The zero-order valence-corrected chi connectivity index (χ0v) is 12.6. The molecule has 0 spiro atoms. The summed E-state index contributed by atoms with van der Waals surface area (Å²) in [5.74, 6) is 0.846. The van der Waals surface area contributed by atoms with Gasteiger partial charge in [0.1, 0.15) is 5.75 Å². The summed E-state index contributed by atoms with van der Waals surface area (Å²) in [6.45, 7) is 6.12. The average Bonchev–Trinajstić information content (AvgIpc) is 2.47. The topological polar surface area (TPSA) is 59.0 Å². The minimum atomic E-state index is -0.207. The molecule has 0 saturated carbocycles. The van der Waals surface area contributed by atoms with Crippen LogP contribution >= 0.6 is 0 Å². The lowest BCUT2D eigenvalue weighted by Crippen LogP contribution is -2.49. The zero-order valence-electron chi connectivity index (χ0n) is 12.6. The maximum atomic E-state index is 12.3. The minimum Gasteiger partial charge on any atom is -0.494 e. The Labute approximate surface area is 125 Å². The molecule has 0 amide bonds. The second-order valence-electron chi connectivity index (χ2n) is 5.33. The van der Waals surface area contributed by atoms with E-state index >= 15 is 0 Å². The first-order valence-electron chi connectivity index (χ1n) is 7.37. The fraction of sp³-hybridized carbons (Fsp3) is 0.562. The molecule has 0 bridgehead atoms. The molecular formula is C16H23NO4. The van der Waals surface area contributed by atoms with Gasteiger partial charge in [0, 0.05) is 18.7 Å². The van der Waals surface area contributed by atoms with Crippen molar-refractivity contribution in [1.82, 2.24) is 4.90 Å². The third kappa shape index (κ3) is 4.52. The molecule has 21 heavy (non-hydrogen) atoms. The Morgan fingerprint density at radius 1 is 1.38 bits per heavy atom. The summed E-state index contributed by atoms with van der Waals surface area (Å²) in [5, 5.41) is 9.21. The Bertz CT molecular complexity index is 460. The maximum Gasteiger partial charge on any atom is 0.176 e. The third-order valence-electron chi connectivity index (χ3n) is 3.46. The predicted octanol–water partition coefficient (Wildman–Crippen LogP) is 1.35. The number of nitrogens with zero attached hydrogens (tertiary/aromatic N) is 1. The number of aliphatic hydroxyl groups excluding tert-OH is 1. The molecule has 1 aromatic carbocycles. The molecule has 1 aliphatic rings. The van der Waals surface area contributed by atoms with Gasteiger partial charge in [0.15, 0.2) is 5.78 Å². The lowest BCUT2D eigenvalue weighted by Gasteiger charge is -2.35. The van der Waals surface area contributed by atoms with Crippen LogP contribution in [-0.2, 0) is 4.74 Å². The van der Waals surface area contributed by atoms with Gasteiger partial charge < -0.3 is 14.6 Å². The first-order chi connectivity index (χ1) is 10.1. The van der Waals surface area contributed by atoms with Gasteiger partial charge in [-0.2, -0.15) is 0 Å². The van der Waals surface area contributed by atoms with Crippen LogP contribution in [0.15, 0.2) is 24.3 Å². The van der Waals surface area contributed by atoms with Crippen LogP contribution in [-0.4, -0.2) is 60.8 Å². The normalized spacial score (nSPS) is 23.0. The number of benzene rings is 1. The minimum absolute atomic E-state index is 0.0158. The van der Waals surface area contributed by atoms with E-state index in [4.69, 9.17) is 9.47 Å². The van der Waals surface area contributed by atoms with Gasteiger partial charge in [0.05, 0.1) is 32.0 Å². The van der Waals surface area contributed by atoms with E-state index in [1.807, 2.05) is 30.9 Å². The molecule has 1 heterocycles. The Morgan fingerprint density at radius 3 is 2.71 bits per heavy atom. The molecule has 116 valence electrons. The Morgan fingerprint density at radius 2 is 2.10 bits per heavy atom. The highest BCUT2D eigenvalue weighted by Crippen LogP contribution is 2.15. The van der Waals surface area contributed by atoms with E-state index < -0.39 is 0 Å². The summed E-state index contributed by atoms with van der Waals surface area (Å²) >= 11 is 0. The summed E-state index contributed by atoms with van der Waals surface area (Å²) < 4.78 is 10.9. The molecule has 2 rings (SSSR count). The van der Waals surface area contributed by atoms with E-state index in [1.165, 1.54) is 0 Å². The largest absolute Gasteiger partial charge is 0.494 e. The Balaban J connectivity index is 1.94. The van der Waals surface area contributed by atoms with Gasteiger partial charge >= 0.3 is 0 Å². The molecule has 1 aromatic rings. The highest BCUT2D eigenvalue weighted by Gasteiger charge is 2.26. The van der Waals surface area contributed by atoms with Gasteiger partial charge in [-0.3, -0.25) is 9.69 Å². The zero-order chi connectivity index (χ0) is 15.2. The van der Waals surface area contributed by atoms with E-state index in [2.05, 4.69) is 0 Å². The summed E-state index contributed by atoms with van der Waals surface area (Å²) in [6.07, 6.45) is -0.175. The van der Waals surface area contributed by atoms with Gasteiger partial charge in [-0.05, 0) is 38.1 Å². The van der Waals surface area contributed by atoms with E-state index in [0.29, 0.717) is 31.8 Å². The molecule has 2 atom stereocenters. The second-order valence-corrected chi connectivity index (χ2v) is 5.33. The van der Waals surface area contributed by atoms with Crippen LogP contribution in [0.25, 0.3) is 0 Å². The van der Waals surface area contributed by atoms with Crippen LogP contribution in [0.1, 0.15) is 24.2 Å². The fourth-order valence-electron chi connectivity index (χ4n) is 2.57. The number of Topliss-reactive ketones (excluding diaryl/α,β-unsaturated/α-hetero) is 1. The van der Waals surface area contributed by atoms with Gasteiger partial charge in [-0.15, -0.1) is 0 Å². The first-order valence-corrected chi connectivity index (χ1v) is 7.37. The molecule has 1 fully saturated rings. The van der Waals surface area contributed by atoms with Crippen LogP contribution in [0, 0.1) is 0 Å². The van der Waals surface area contributed by atoms with E-state index in [0.717, 1.165) is 5.75 Å². The van der Waals surface area contributed by atoms with Gasteiger partial charge in [-0.25, -0.2) is 0 Å². The Hall–Kier alpha value is -1.43. The molecule has 5 heteroatoms. The Kier molecular flexibility index (Phi) is 5.73. The molecular weight excluding hydrogens is 270 g/mol. The van der Waals surface area contributed by atoms with Crippen molar-refractivity contribution >= 4 is 5.78 Å². The molecule has 0 aliphatic carbocycles. The fourth-order valence-corrected chi connectivity index (χ4v) is 2.57. The van der Waals surface area contributed by atoms with E-state index in [1.54, 1.807) is 12.1 Å². The van der Waals surface area contributed by atoms with Crippen molar-refractivity contribution in [3.8, 4) is 5.75 Å². The molecule has 5 nitrogen and oxygen atoms in total. The van der Waals surface area contributed by atoms with Gasteiger partial charge in [-0.1, -0.05) is 0 Å². The predicted molar refractivity (Wildman–Crippen MR) is 79.8 cm³/mol. The van der Waals surface area contributed by atoms with Crippen molar-refractivity contribution < 1.29 is 19.4 Å². The smallest absolute Gasteiger partial charge is 0.176 e. The van der Waals surface area contributed by atoms with Crippen molar-refractivity contribution in [1.29, 1.82) is 0 Å². The lowest BCUT2D eigenvalue weighted by molar-refractivity contribution is -0.0926. The van der Waals surface area contributed by atoms with E-state index in [-0.39, 0.29) is 24.6 Å². The van der Waals surface area contributed by atoms with Gasteiger partial charge in [0.25, 0.3) is 0 Å². The lowest BCUT2D eigenvalue weighted by atomic mass is 10.1. The number of carbonyl (C=O) groups is 1. The quantitative estimate of drug-likeness (QED) is 0.802. The van der Waals surface area contributed by atoms with Crippen LogP contribution < -0.4 is 4.74 Å². The number of hydrogen-bond donors (Lipinski definition) is 1. The number of aliphatic hydroxyl groups is 1. The number of ketones is 1. The van der Waals surface area contributed by atoms with Crippen LogP contribution in [0.5, 0.6) is 5.75 Å². The number of hydrogen-bond acceptors (Lipinski definition) is 5. The maximum absolute atomic E-state index is 12.3. The summed E-state index contributed by atoms with van der Waals surface area (Å²) in [7, 11) is 0. The van der Waals surface area contributed by atoms with Crippen molar-refractivity contribution in [2.75, 3.05) is 32.8 Å². The molecule has 2 unspecified atom stereocenters. The number of morpholine rings is 1.